The smallest absolute Gasteiger partial charge is 0.354 e. The summed E-state index contributed by atoms with van der Waals surface area (Å²) < 4.78 is 58.0. The standard InChI is InChI=1S/C22H22NO2.2C15H17N2O2.C14H14NO3.C14H14NO2S.C6H5NO2.2C5H8O2.5Rh/c1-14-10-15(2)22(16(3)11-14)20-12-17(24-4)6-7-19(20)21-13-18(25-5)8-9-23-21;2*1-17(2)11-7-8-16-14(9-11)13-6-5-12(18-3)10-15(13)19-4;1-16-10-4-5-12(14(9-10)18-3)13-8-11(17-2)6-7-15-13;1-16-10-4-5-12(14(8-10)17-2)13-9-11(18-3)6-7-15-13;8-6(9)5-3-1-2-4-7-5;2*1-4(6)3-5(2)7;;;;;/h6,8-13H,1-5H3;2*5,7-10H,1-4H3;2*4,6-9H,1-3H3;1-4H,(H,8,9);2*3,6H,1-2H3;;;;;/q5*-1;;;;;;;;. The summed E-state index contributed by atoms with van der Waals surface area (Å²) in [6.07, 6.45) is 14.6. The molecule has 127 heavy (non-hydrogen) atoms. The summed E-state index contributed by atoms with van der Waals surface area (Å²) in [7, 11) is 25.9. The van der Waals surface area contributed by atoms with Crippen LogP contribution in [0.25, 0.3) is 67.4 Å². The summed E-state index contributed by atoms with van der Waals surface area (Å²) in [4.78, 5) is 60.9. The van der Waals surface area contributed by atoms with Crippen molar-refractivity contribution in [3.05, 3.63) is 265 Å². The van der Waals surface area contributed by atoms with E-state index in [1.165, 1.54) is 74.4 Å². The van der Waals surface area contributed by atoms with Crippen LogP contribution in [-0.4, -0.2) is 175 Å². The molecule has 0 saturated heterocycles. The van der Waals surface area contributed by atoms with Crippen LogP contribution < -0.4 is 61.9 Å². The number of carbonyl (C=O) groups is 3. The Balaban J connectivity index is 0.00000146. The maximum atomic E-state index is 10.1. The number of aromatic nitrogens is 6. The Morgan fingerprint density at radius 3 is 0.937 bits per heavy atom. The third-order valence-corrected chi connectivity index (χ3v) is 17.6. The van der Waals surface area contributed by atoms with Crippen molar-refractivity contribution in [2.24, 2.45) is 0 Å². The van der Waals surface area contributed by atoms with Gasteiger partial charge < -0.3 is 102 Å². The average molecular weight is 2190 g/mol. The summed E-state index contributed by atoms with van der Waals surface area (Å²) in [5.74, 6) is 6.78. The van der Waals surface area contributed by atoms with E-state index in [9.17, 15) is 14.4 Å². The molecule has 0 saturated carbocycles. The Hall–Kier alpha value is -11.0. The molecule has 3 N–H and O–H groups in total. The van der Waals surface area contributed by atoms with Crippen molar-refractivity contribution < 1.29 is 179 Å². The number of hydrogen-bond acceptors (Lipinski definition) is 25. The average Bonchev–Trinajstić information content (AvgIpc) is 0.778. The van der Waals surface area contributed by atoms with Gasteiger partial charge in [0.25, 0.3) is 0 Å². The molecule has 0 amide bonds. The number of nitrogens with zero attached hydrogens (tertiary/aromatic N) is 8. The summed E-state index contributed by atoms with van der Waals surface area (Å²) >= 11 is 1.68. The Bertz CT molecular complexity index is 5180. The zero-order valence-corrected chi connectivity index (χ0v) is 83.8. The van der Waals surface area contributed by atoms with Gasteiger partial charge in [-0.25, -0.2) is 9.78 Å². The molecule has 12 aromatic rings. The topological polar surface area (TPSA) is 297 Å². The molecule has 0 aliphatic rings. The number of rotatable bonds is 23. The summed E-state index contributed by atoms with van der Waals surface area (Å²) in [6.45, 7) is 12.1. The zero-order valence-electron chi connectivity index (χ0n) is 74.8. The number of aryl methyl sites for hydroxylation is 3. The van der Waals surface area contributed by atoms with E-state index < -0.39 is 5.97 Å². The maximum absolute atomic E-state index is 10.1. The van der Waals surface area contributed by atoms with Crippen LogP contribution in [0.5, 0.6) is 63.2 Å². The number of anilines is 2. The maximum Gasteiger partial charge on any atom is 0.354 e. The van der Waals surface area contributed by atoms with Crippen molar-refractivity contribution in [1.29, 1.82) is 0 Å². The van der Waals surface area contributed by atoms with Crippen molar-refractivity contribution in [2.45, 2.75) is 53.4 Å². The second kappa shape index (κ2) is 61.4. The number of ketones is 2. The van der Waals surface area contributed by atoms with E-state index in [1.54, 1.807) is 169 Å². The first kappa shape index (κ1) is 116. The first-order chi connectivity index (χ1) is 58.4. The van der Waals surface area contributed by atoms with Gasteiger partial charge in [-0.05, 0) is 138 Å². The number of ether oxygens (including phenoxy) is 11. The molecule has 6 aromatic carbocycles. The van der Waals surface area contributed by atoms with Crippen LogP contribution in [-0.2, 0) is 107 Å². The molecule has 12 rings (SSSR count). The van der Waals surface area contributed by atoms with E-state index in [4.69, 9.17) is 67.4 Å². The summed E-state index contributed by atoms with van der Waals surface area (Å²) in [5, 5.41) is 25.0. The molecule has 0 bridgehead atoms. The molecular weight excluding hydrogens is 2080 g/mol. The van der Waals surface area contributed by atoms with Crippen LogP contribution in [0.3, 0.4) is 0 Å². The van der Waals surface area contributed by atoms with E-state index in [1.807, 2.05) is 123 Å². The second-order valence-corrected chi connectivity index (χ2v) is 27.1. The largest absolute Gasteiger partial charge is 0.540 e. The Morgan fingerprint density at radius 1 is 0.354 bits per heavy atom. The number of benzene rings is 6. The first-order valence-electron chi connectivity index (χ1n) is 37.4. The van der Waals surface area contributed by atoms with E-state index in [0.717, 1.165) is 101 Å². The minimum Gasteiger partial charge on any atom is -0.540 e. The number of hydrogen-bond donors (Lipinski definition) is 3. The van der Waals surface area contributed by atoms with Crippen LogP contribution in [0.15, 0.2) is 217 Å². The van der Waals surface area contributed by atoms with E-state index in [2.05, 4.69) is 99.2 Å². The molecule has 687 valence electrons. The molecule has 0 spiro atoms. The summed E-state index contributed by atoms with van der Waals surface area (Å²) in [6, 6.07) is 62.7. The van der Waals surface area contributed by atoms with Crippen LogP contribution in [0, 0.1) is 51.1 Å². The van der Waals surface area contributed by atoms with Crippen molar-refractivity contribution in [2.75, 3.05) is 122 Å². The molecule has 0 fully saturated rings. The Morgan fingerprint density at radius 2 is 0.661 bits per heavy atom. The first-order valence-corrected chi connectivity index (χ1v) is 38.6. The molecule has 25 nitrogen and oxygen atoms in total. The molecule has 0 aliphatic heterocycles. The minimum atomic E-state index is -0.990. The molecule has 0 unspecified atom stereocenters. The molecule has 31 heteroatoms. The van der Waals surface area contributed by atoms with Gasteiger partial charge >= 0.3 is 5.97 Å². The predicted octanol–water partition coefficient (Wildman–Crippen LogP) is 19.1. The fourth-order valence-corrected chi connectivity index (χ4v) is 11.6. The SMILES string of the molecule is CC(=O)C=C(C)O.CC(=O)C=C(C)O.COc1c[c-]c(-c2cc(N(C)C)ccn2)c(OC)c1.COc1c[c-]c(-c2cc(N(C)C)ccn2)c(OC)c1.COc1c[c-]c(-c2cc(SC)ccn2)c(OC)c1.COc1ccnc(-c2[c-]cc(OC)cc2-c2c(C)cc(C)cc2C)c1.COc1ccnc(-c2[c-]cc(OC)cc2OC)c1.O=C(O)c1ccccn1.[Rh].[Rh].[Rh].[Rh].[Rh]. The Labute approximate surface area is 814 Å². The zero-order chi connectivity index (χ0) is 90.0. The van der Waals surface area contributed by atoms with Gasteiger partial charge in [-0.2, -0.15) is 0 Å². The Kier molecular flexibility index (Phi) is 56.1. The van der Waals surface area contributed by atoms with Gasteiger partial charge in [0, 0.05) is 243 Å². The number of aliphatic hydroxyl groups is 2. The molecule has 0 atom stereocenters. The number of thioether (sulfide) groups is 1. The van der Waals surface area contributed by atoms with Gasteiger partial charge in [0.1, 0.15) is 17.2 Å². The van der Waals surface area contributed by atoms with E-state index in [0.29, 0.717) is 40.2 Å². The van der Waals surface area contributed by atoms with E-state index in [-0.39, 0.29) is 126 Å². The van der Waals surface area contributed by atoms with Crippen molar-refractivity contribution in [3.8, 4) is 131 Å². The number of aliphatic hydroxyl groups excluding tert-OH is 2. The van der Waals surface area contributed by atoms with Gasteiger partial charge in [-0.1, -0.05) is 117 Å². The number of carboxylic acid groups (broad SMARTS) is 1. The quantitative estimate of drug-likeness (QED) is 0.0176. The monoisotopic (exact) mass is 2190 g/mol. The normalized spacial score (nSPS) is 9.85. The van der Waals surface area contributed by atoms with Crippen LogP contribution >= 0.6 is 11.8 Å². The van der Waals surface area contributed by atoms with Crippen LogP contribution in [0.1, 0.15) is 54.9 Å². The third-order valence-electron chi connectivity index (χ3n) is 16.8. The fraction of sp³-hybridized carbons (Fsp3) is 0.240. The molecule has 0 aliphatic carbocycles. The van der Waals surface area contributed by atoms with Gasteiger partial charge in [0.2, 0.25) is 0 Å². The van der Waals surface area contributed by atoms with Crippen molar-refractivity contribution in [1.82, 2.24) is 29.9 Å². The number of carbonyl (C=O) groups excluding carboxylic acids is 2. The molecular formula is C96H105N8O17Rh5S-5. The van der Waals surface area contributed by atoms with Gasteiger partial charge in [-0.15, -0.1) is 78.0 Å². The minimum absolute atomic E-state index is 0. The van der Waals surface area contributed by atoms with Gasteiger partial charge in [0.05, 0.1) is 89.7 Å². The second-order valence-electron chi connectivity index (χ2n) is 26.2. The number of carboxylic acids is 1. The van der Waals surface area contributed by atoms with Crippen LogP contribution in [0.4, 0.5) is 11.4 Å². The number of allylic oxidation sites excluding steroid dienone is 4. The van der Waals surface area contributed by atoms with Crippen molar-refractivity contribution >= 4 is 40.7 Å². The fourth-order valence-electron chi connectivity index (χ4n) is 11.1. The predicted molar refractivity (Wildman–Crippen MR) is 480 cm³/mol. The van der Waals surface area contributed by atoms with Crippen molar-refractivity contribution in [3.63, 3.8) is 0 Å². The number of methoxy groups -OCH3 is 11. The van der Waals surface area contributed by atoms with Gasteiger partial charge in [0.15, 0.2) is 11.6 Å². The van der Waals surface area contributed by atoms with Gasteiger partial charge in [-0.3, -0.25) is 9.59 Å². The third kappa shape index (κ3) is 38.2. The van der Waals surface area contributed by atoms with E-state index >= 15 is 0 Å². The molecule has 5 radical (unpaired) electrons. The number of pyridine rings is 6. The summed E-state index contributed by atoms with van der Waals surface area (Å²) in [5.41, 5.74) is 16.5. The number of aromatic carboxylic acids is 1. The molecule has 6 heterocycles. The van der Waals surface area contributed by atoms with Crippen LogP contribution in [0.2, 0.25) is 0 Å². The molecule has 6 aromatic heterocycles.